The van der Waals surface area contributed by atoms with Crippen LogP contribution in [0.4, 0.5) is 0 Å². The van der Waals surface area contributed by atoms with Crippen molar-refractivity contribution in [1.82, 2.24) is 19.1 Å². The highest BCUT2D eigenvalue weighted by atomic mass is 32.2. The summed E-state index contributed by atoms with van der Waals surface area (Å²) in [4.78, 5) is 0.302. The summed E-state index contributed by atoms with van der Waals surface area (Å²) >= 11 is 0. The Kier molecular flexibility index (Phi) is 4.47. The standard InChI is InChI=1S/C19H24N4O3S/c1-13-19(14(2)21-20-13)27(24,25)23-11-7-15(8-12-23)26-18-6-4-5-17-16(18)9-10-22(17)3/h4-6,9-10,15H,7-8,11-12H2,1-3H3,(H,20,21). The summed E-state index contributed by atoms with van der Waals surface area (Å²) in [7, 11) is -1.52. The van der Waals surface area contributed by atoms with Crippen LogP contribution in [-0.4, -0.2) is 46.7 Å². The van der Waals surface area contributed by atoms with E-state index in [0.717, 1.165) is 16.7 Å². The first-order valence-corrected chi connectivity index (χ1v) is 10.5. The van der Waals surface area contributed by atoms with Gasteiger partial charge in [-0.2, -0.15) is 9.40 Å². The first-order chi connectivity index (χ1) is 12.9. The maximum Gasteiger partial charge on any atom is 0.246 e. The number of benzene rings is 1. The van der Waals surface area contributed by atoms with Crippen LogP contribution in [0.25, 0.3) is 10.9 Å². The lowest BCUT2D eigenvalue weighted by molar-refractivity contribution is 0.137. The van der Waals surface area contributed by atoms with Gasteiger partial charge in [-0.05, 0) is 44.9 Å². The van der Waals surface area contributed by atoms with Gasteiger partial charge in [-0.25, -0.2) is 8.42 Å². The van der Waals surface area contributed by atoms with Crippen molar-refractivity contribution < 1.29 is 13.2 Å². The SMILES string of the molecule is Cc1n[nH]c(C)c1S(=O)(=O)N1CCC(Oc2cccc3c2ccn3C)CC1. The van der Waals surface area contributed by atoms with E-state index in [1.165, 1.54) is 0 Å². The van der Waals surface area contributed by atoms with Crippen LogP contribution in [-0.2, 0) is 17.1 Å². The van der Waals surface area contributed by atoms with Gasteiger partial charge >= 0.3 is 0 Å². The maximum atomic E-state index is 13.0. The van der Waals surface area contributed by atoms with E-state index >= 15 is 0 Å². The lowest BCUT2D eigenvalue weighted by Gasteiger charge is -2.31. The van der Waals surface area contributed by atoms with Crippen molar-refractivity contribution in [1.29, 1.82) is 0 Å². The van der Waals surface area contributed by atoms with Gasteiger partial charge < -0.3 is 9.30 Å². The van der Waals surface area contributed by atoms with Gasteiger partial charge in [-0.3, -0.25) is 5.10 Å². The summed E-state index contributed by atoms with van der Waals surface area (Å²) in [6.45, 7) is 4.35. The van der Waals surface area contributed by atoms with E-state index in [2.05, 4.69) is 26.9 Å². The zero-order valence-corrected chi connectivity index (χ0v) is 16.6. The van der Waals surface area contributed by atoms with Crippen LogP contribution in [0.3, 0.4) is 0 Å². The minimum absolute atomic E-state index is 0.00815. The van der Waals surface area contributed by atoms with Gasteiger partial charge in [0.05, 0.1) is 16.9 Å². The van der Waals surface area contributed by atoms with Gasteiger partial charge in [0, 0.05) is 31.7 Å². The molecule has 1 fully saturated rings. The second kappa shape index (κ2) is 6.69. The third kappa shape index (κ3) is 3.12. The summed E-state index contributed by atoms with van der Waals surface area (Å²) in [6, 6.07) is 8.08. The van der Waals surface area contributed by atoms with E-state index in [1.807, 2.05) is 25.4 Å². The van der Waals surface area contributed by atoms with E-state index in [-0.39, 0.29) is 6.10 Å². The summed E-state index contributed by atoms with van der Waals surface area (Å²) in [5.74, 6) is 0.857. The highest BCUT2D eigenvalue weighted by Crippen LogP contribution is 2.30. The molecular formula is C19H24N4O3S. The molecule has 0 aliphatic carbocycles. The minimum atomic E-state index is -3.53. The van der Waals surface area contributed by atoms with Gasteiger partial charge in [0.1, 0.15) is 16.7 Å². The van der Waals surface area contributed by atoms with Crippen LogP contribution in [0.2, 0.25) is 0 Å². The molecule has 3 aromatic rings. The number of aromatic nitrogens is 3. The molecule has 0 bridgehead atoms. The van der Waals surface area contributed by atoms with Crippen molar-refractivity contribution in [3.63, 3.8) is 0 Å². The van der Waals surface area contributed by atoms with Crippen molar-refractivity contribution >= 4 is 20.9 Å². The second-order valence-corrected chi connectivity index (χ2v) is 8.97. The first kappa shape index (κ1) is 18.1. The number of hydrogen-bond acceptors (Lipinski definition) is 4. The number of nitrogens with one attached hydrogen (secondary N) is 1. The highest BCUT2D eigenvalue weighted by Gasteiger charge is 2.33. The molecule has 0 radical (unpaired) electrons. The second-order valence-electron chi connectivity index (χ2n) is 7.10. The molecule has 1 aromatic carbocycles. The summed E-state index contributed by atoms with van der Waals surface area (Å²) in [5.41, 5.74) is 2.22. The minimum Gasteiger partial charge on any atom is -0.490 e. The van der Waals surface area contributed by atoms with Crippen LogP contribution >= 0.6 is 0 Å². The molecule has 4 rings (SSSR count). The zero-order chi connectivity index (χ0) is 19.2. The average Bonchev–Trinajstić information content (AvgIpc) is 3.19. The number of hydrogen-bond donors (Lipinski definition) is 1. The maximum absolute atomic E-state index is 13.0. The Balaban J connectivity index is 1.48. The molecule has 0 unspecified atom stereocenters. The lowest BCUT2D eigenvalue weighted by atomic mass is 10.1. The third-order valence-electron chi connectivity index (χ3n) is 5.24. The van der Waals surface area contributed by atoms with Gasteiger partial charge in [-0.15, -0.1) is 0 Å². The number of piperidine rings is 1. The molecule has 3 heterocycles. The molecule has 1 aliphatic heterocycles. The Morgan fingerprint density at radius 3 is 2.59 bits per heavy atom. The van der Waals surface area contributed by atoms with E-state index in [1.54, 1.807) is 18.2 Å². The molecule has 1 aliphatic rings. The van der Waals surface area contributed by atoms with E-state index in [0.29, 0.717) is 42.2 Å². The topological polar surface area (TPSA) is 80.2 Å². The molecule has 0 saturated carbocycles. The van der Waals surface area contributed by atoms with Gasteiger partial charge in [-0.1, -0.05) is 6.07 Å². The van der Waals surface area contributed by atoms with Gasteiger partial charge in [0.25, 0.3) is 0 Å². The normalized spacial score (nSPS) is 16.9. The van der Waals surface area contributed by atoms with Crippen LogP contribution < -0.4 is 4.74 Å². The Hall–Kier alpha value is -2.32. The Morgan fingerprint density at radius 1 is 1.19 bits per heavy atom. The quantitative estimate of drug-likeness (QED) is 0.745. The molecule has 1 N–H and O–H groups in total. The monoisotopic (exact) mass is 388 g/mol. The molecule has 1 saturated heterocycles. The molecule has 27 heavy (non-hydrogen) atoms. The number of aromatic amines is 1. The number of ether oxygens (including phenoxy) is 1. The Labute approximate surface area is 159 Å². The first-order valence-electron chi connectivity index (χ1n) is 9.10. The van der Waals surface area contributed by atoms with Gasteiger partial charge in [0.15, 0.2) is 0 Å². The van der Waals surface area contributed by atoms with Gasteiger partial charge in [0.2, 0.25) is 10.0 Å². The van der Waals surface area contributed by atoms with E-state index in [4.69, 9.17) is 4.74 Å². The third-order valence-corrected chi connectivity index (χ3v) is 7.40. The lowest BCUT2D eigenvalue weighted by Crippen LogP contribution is -2.42. The van der Waals surface area contributed by atoms with Crippen LogP contribution in [0, 0.1) is 13.8 Å². The number of rotatable bonds is 4. The van der Waals surface area contributed by atoms with Crippen LogP contribution in [0.15, 0.2) is 35.4 Å². The zero-order valence-electron chi connectivity index (χ0n) is 15.8. The molecule has 144 valence electrons. The smallest absolute Gasteiger partial charge is 0.246 e. The van der Waals surface area contributed by atoms with Crippen molar-refractivity contribution in [3.05, 3.63) is 41.9 Å². The van der Waals surface area contributed by atoms with Crippen LogP contribution in [0.5, 0.6) is 5.75 Å². The fraction of sp³-hybridized carbons (Fsp3) is 0.421. The molecule has 2 aromatic heterocycles. The van der Waals surface area contributed by atoms with Crippen molar-refractivity contribution in [2.75, 3.05) is 13.1 Å². The molecule has 8 heteroatoms. The highest BCUT2D eigenvalue weighted by molar-refractivity contribution is 7.89. The molecule has 7 nitrogen and oxygen atoms in total. The summed E-state index contributed by atoms with van der Waals surface area (Å²) < 4.78 is 35.7. The number of aryl methyl sites for hydroxylation is 3. The van der Waals surface area contributed by atoms with Crippen molar-refractivity contribution in [2.24, 2.45) is 7.05 Å². The Morgan fingerprint density at radius 2 is 1.93 bits per heavy atom. The van der Waals surface area contributed by atoms with E-state index < -0.39 is 10.0 Å². The number of fused-ring (bicyclic) bond motifs is 1. The molecule has 0 spiro atoms. The number of H-pyrrole nitrogens is 1. The molecular weight excluding hydrogens is 364 g/mol. The fourth-order valence-electron chi connectivity index (χ4n) is 3.80. The number of sulfonamides is 1. The van der Waals surface area contributed by atoms with Crippen molar-refractivity contribution in [3.8, 4) is 5.75 Å². The Bertz CT molecular complexity index is 1060. The molecule has 0 atom stereocenters. The predicted octanol–water partition coefficient (Wildman–Crippen LogP) is 2.75. The van der Waals surface area contributed by atoms with Crippen molar-refractivity contribution in [2.45, 2.75) is 37.7 Å². The average molecular weight is 388 g/mol. The fourth-order valence-corrected chi connectivity index (χ4v) is 5.60. The van der Waals surface area contributed by atoms with Crippen LogP contribution in [0.1, 0.15) is 24.2 Å². The number of nitrogens with zero attached hydrogens (tertiary/aromatic N) is 3. The summed E-state index contributed by atoms with van der Waals surface area (Å²) in [5, 5.41) is 7.86. The predicted molar refractivity (Wildman–Crippen MR) is 103 cm³/mol. The summed E-state index contributed by atoms with van der Waals surface area (Å²) in [6.07, 6.45) is 3.35. The van der Waals surface area contributed by atoms with E-state index in [9.17, 15) is 8.42 Å². The largest absolute Gasteiger partial charge is 0.490 e. The molecule has 0 amide bonds.